The summed E-state index contributed by atoms with van der Waals surface area (Å²) >= 11 is 0. The molecule has 3 heteroatoms. The zero-order valence-corrected chi connectivity index (χ0v) is 12.3. The van der Waals surface area contributed by atoms with Crippen molar-refractivity contribution < 1.29 is 14.9 Å². The first-order valence-electron chi connectivity index (χ1n) is 7.07. The Hall–Kier alpha value is -1.06. The molecule has 0 atom stereocenters. The molecule has 0 fully saturated rings. The number of aliphatic hydroxyl groups is 2. The highest BCUT2D eigenvalue weighted by Crippen LogP contribution is 2.24. The molecular formula is C16H26O3. The van der Waals surface area contributed by atoms with Gasteiger partial charge >= 0.3 is 0 Å². The van der Waals surface area contributed by atoms with E-state index >= 15 is 0 Å². The zero-order valence-electron chi connectivity index (χ0n) is 12.3. The summed E-state index contributed by atoms with van der Waals surface area (Å²) in [5, 5.41) is 18.2. The van der Waals surface area contributed by atoms with Crippen molar-refractivity contribution in [2.75, 3.05) is 19.8 Å². The van der Waals surface area contributed by atoms with E-state index in [-0.39, 0.29) is 19.1 Å². The first-order chi connectivity index (χ1) is 9.12. The van der Waals surface area contributed by atoms with Gasteiger partial charge in [0.2, 0.25) is 0 Å². The lowest BCUT2D eigenvalue weighted by molar-refractivity contribution is 0.144. The second-order valence-corrected chi connectivity index (χ2v) is 5.15. The number of benzene rings is 1. The summed E-state index contributed by atoms with van der Waals surface area (Å²) in [5.41, 5.74) is 3.75. The Labute approximate surface area is 116 Å². The molecule has 0 amide bonds. The van der Waals surface area contributed by atoms with Crippen LogP contribution in [0, 0.1) is 19.8 Å². The average Bonchev–Trinajstić information content (AvgIpc) is 2.40. The molecule has 0 unspecified atom stereocenters. The van der Waals surface area contributed by atoms with Gasteiger partial charge in [0.1, 0.15) is 5.75 Å². The lowest BCUT2D eigenvalue weighted by Crippen LogP contribution is -2.12. The van der Waals surface area contributed by atoms with E-state index in [1.807, 2.05) is 0 Å². The highest BCUT2D eigenvalue weighted by Gasteiger charge is 2.10. The highest BCUT2D eigenvalue weighted by atomic mass is 16.5. The maximum absolute atomic E-state index is 9.10. The quantitative estimate of drug-likeness (QED) is 0.760. The van der Waals surface area contributed by atoms with Crippen LogP contribution in [0.4, 0.5) is 0 Å². The Bertz CT molecular complexity index is 361. The van der Waals surface area contributed by atoms with Crippen LogP contribution in [0.5, 0.6) is 5.75 Å². The first kappa shape index (κ1) is 16.0. The molecule has 0 heterocycles. The lowest BCUT2D eigenvalue weighted by atomic mass is 9.94. The van der Waals surface area contributed by atoms with Crippen molar-refractivity contribution in [2.45, 2.75) is 40.0 Å². The summed E-state index contributed by atoms with van der Waals surface area (Å²) in [4.78, 5) is 0. The minimum Gasteiger partial charge on any atom is -0.494 e. The Morgan fingerprint density at radius 3 is 2.16 bits per heavy atom. The summed E-state index contributed by atoms with van der Waals surface area (Å²) in [5.74, 6) is 0.913. The van der Waals surface area contributed by atoms with Crippen LogP contribution in [0.15, 0.2) is 12.1 Å². The van der Waals surface area contributed by atoms with E-state index in [1.165, 1.54) is 16.7 Å². The van der Waals surface area contributed by atoms with Crippen LogP contribution in [-0.4, -0.2) is 30.0 Å². The third-order valence-electron chi connectivity index (χ3n) is 3.46. The molecule has 1 aromatic rings. The fourth-order valence-electron chi connectivity index (χ4n) is 2.24. The van der Waals surface area contributed by atoms with Crippen molar-refractivity contribution in [1.29, 1.82) is 0 Å². The predicted molar refractivity (Wildman–Crippen MR) is 77.7 cm³/mol. The van der Waals surface area contributed by atoms with Crippen LogP contribution in [-0.2, 0) is 6.42 Å². The topological polar surface area (TPSA) is 49.7 Å². The smallest absolute Gasteiger partial charge is 0.119 e. The molecule has 1 aromatic carbocycles. The normalized spacial score (nSPS) is 11.1. The molecular weight excluding hydrogens is 240 g/mol. The number of ether oxygens (including phenoxy) is 1. The first-order valence-corrected chi connectivity index (χ1v) is 7.07. The number of aliphatic hydroxyl groups excluding tert-OH is 2. The minimum atomic E-state index is -0.0187. The molecule has 0 bridgehead atoms. The van der Waals surface area contributed by atoms with E-state index in [9.17, 15) is 0 Å². The van der Waals surface area contributed by atoms with Gasteiger partial charge in [-0.25, -0.2) is 0 Å². The summed E-state index contributed by atoms with van der Waals surface area (Å²) in [6, 6.07) is 4.15. The van der Waals surface area contributed by atoms with E-state index in [0.717, 1.165) is 31.6 Å². The van der Waals surface area contributed by atoms with E-state index in [4.69, 9.17) is 14.9 Å². The zero-order chi connectivity index (χ0) is 14.3. The molecule has 2 N–H and O–H groups in total. The molecule has 1 rings (SSSR count). The number of hydrogen-bond donors (Lipinski definition) is 2. The third kappa shape index (κ3) is 4.84. The van der Waals surface area contributed by atoms with Crippen molar-refractivity contribution in [2.24, 2.45) is 5.92 Å². The Morgan fingerprint density at radius 2 is 1.68 bits per heavy atom. The molecule has 0 aromatic heterocycles. The Kier molecular flexibility index (Phi) is 6.89. The summed E-state index contributed by atoms with van der Waals surface area (Å²) in [7, 11) is 0. The van der Waals surface area contributed by atoms with Gasteiger partial charge in [0.15, 0.2) is 0 Å². The van der Waals surface area contributed by atoms with Crippen molar-refractivity contribution >= 4 is 0 Å². The molecule has 108 valence electrons. The number of aryl methyl sites for hydroxylation is 2. The van der Waals surface area contributed by atoms with Gasteiger partial charge in [0, 0.05) is 19.1 Å². The molecule has 3 nitrogen and oxygen atoms in total. The van der Waals surface area contributed by atoms with Gasteiger partial charge in [-0.2, -0.15) is 0 Å². The van der Waals surface area contributed by atoms with Gasteiger partial charge in [0.25, 0.3) is 0 Å². The second-order valence-electron chi connectivity index (χ2n) is 5.15. The van der Waals surface area contributed by atoms with Gasteiger partial charge in [-0.1, -0.05) is 6.92 Å². The lowest BCUT2D eigenvalue weighted by Gasteiger charge is -2.16. The maximum atomic E-state index is 9.10. The molecule has 0 saturated heterocycles. The van der Waals surface area contributed by atoms with E-state index in [0.29, 0.717) is 0 Å². The molecule has 0 aliphatic carbocycles. The van der Waals surface area contributed by atoms with Gasteiger partial charge in [0.05, 0.1) is 6.61 Å². The van der Waals surface area contributed by atoms with Crippen molar-refractivity contribution in [3.8, 4) is 5.75 Å². The Balaban J connectivity index is 2.73. The predicted octanol–water partition coefficient (Wildman–Crippen LogP) is 2.63. The maximum Gasteiger partial charge on any atom is 0.119 e. The fraction of sp³-hybridized carbons (Fsp3) is 0.625. The molecule has 0 spiro atoms. The molecule has 0 aliphatic rings. The SMILES string of the molecule is CCCOc1cc(C)c(CCC(CO)CO)c(C)c1. The van der Waals surface area contributed by atoms with Crippen LogP contribution < -0.4 is 4.74 Å². The summed E-state index contributed by atoms with van der Waals surface area (Å²) < 4.78 is 5.66. The number of rotatable bonds is 8. The Morgan fingerprint density at radius 1 is 1.11 bits per heavy atom. The highest BCUT2D eigenvalue weighted by molar-refractivity contribution is 5.41. The molecule has 19 heavy (non-hydrogen) atoms. The average molecular weight is 266 g/mol. The van der Waals surface area contributed by atoms with Gasteiger partial charge in [-0.05, 0) is 61.9 Å². The fourth-order valence-corrected chi connectivity index (χ4v) is 2.24. The van der Waals surface area contributed by atoms with E-state index in [2.05, 4.69) is 32.9 Å². The summed E-state index contributed by atoms with van der Waals surface area (Å²) in [6.45, 7) is 7.12. The van der Waals surface area contributed by atoms with Crippen LogP contribution in [0.3, 0.4) is 0 Å². The third-order valence-corrected chi connectivity index (χ3v) is 3.46. The minimum absolute atomic E-state index is 0.0187. The standard InChI is InChI=1S/C16H26O3/c1-4-7-19-15-8-12(2)16(13(3)9-15)6-5-14(10-17)11-18/h8-9,14,17-18H,4-7,10-11H2,1-3H3. The molecule has 0 aliphatic heterocycles. The molecule has 0 saturated carbocycles. The van der Waals surface area contributed by atoms with E-state index in [1.54, 1.807) is 0 Å². The van der Waals surface area contributed by atoms with Gasteiger partial charge in [-0.3, -0.25) is 0 Å². The van der Waals surface area contributed by atoms with Gasteiger partial charge in [-0.15, -0.1) is 0 Å². The second kappa shape index (κ2) is 8.18. The van der Waals surface area contributed by atoms with Crippen molar-refractivity contribution in [3.05, 3.63) is 28.8 Å². The van der Waals surface area contributed by atoms with Crippen molar-refractivity contribution in [3.63, 3.8) is 0 Å². The van der Waals surface area contributed by atoms with Crippen LogP contribution >= 0.6 is 0 Å². The van der Waals surface area contributed by atoms with Crippen molar-refractivity contribution in [1.82, 2.24) is 0 Å². The van der Waals surface area contributed by atoms with Crippen LogP contribution in [0.2, 0.25) is 0 Å². The summed E-state index contributed by atoms with van der Waals surface area (Å²) in [6.07, 6.45) is 2.70. The van der Waals surface area contributed by atoms with Crippen LogP contribution in [0.1, 0.15) is 36.5 Å². The largest absolute Gasteiger partial charge is 0.494 e. The van der Waals surface area contributed by atoms with E-state index < -0.39 is 0 Å². The number of hydrogen-bond acceptors (Lipinski definition) is 3. The molecule has 0 radical (unpaired) electrons. The van der Waals surface area contributed by atoms with Gasteiger partial charge < -0.3 is 14.9 Å². The monoisotopic (exact) mass is 266 g/mol. The van der Waals surface area contributed by atoms with Crippen LogP contribution in [0.25, 0.3) is 0 Å².